The number of likely N-dealkylation sites (tertiary alicyclic amines) is 1. The fraction of sp³-hybridized carbons (Fsp3) is 0.938. The van der Waals surface area contributed by atoms with Crippen LogP contribution in [0.2, 0.25) is 0 Å². The molecule has 3 aliphatic heterocycles. The molecule has 0 saturated carbocycles. The first kappa shape index (κ1) is 15.3. The third-order valence-electron chi connectivity index (χ3n) is 5.46. The molecule has 0 aliphatic carbocycles. The third-order valence-corrected chi connectivity index (χ3v) is 5.46. The zero-order valence-corrected chi connectivity index (χ0v) is 13.3. The Kier molecular flexibility index (Phi) is 4.52. The summed E-state index contributed by atoms with van der Waals surface area (Å²) in [4.78, 5) is 16.8. The number of carbonyl (C=O) groups excluding carboxylic acids is 1. The van der Waals surface area contributed by atoms with E-state index in [0.717, 1.165) is 58.4 Å². The maximum atomic E-state index is 12.4. The van der Waals surface area contributed by atoms with Crippen molar-refractivity contribution < 1.29 is 14.3 Å². The highest BCUT2D eigenvalue weighted by atomic mass is 16.5. The van der Waals surface area contributed by atoms with Gasteiger partial charge in [0, 0.05) is 32.3 Å². The molecule has 3 aliphatic rings. The second kappa shape index (κ2) is 6.23. The lowest BCUT2D eigenvalue weighted by atomic mass is 9.81. The number of nitrogens with zero attached hydrogens (tertiary/aromatic N) is 2. The van der Waals surface area contributed by atoms with Gasteiger partial charge in [0.15, 0.2) is 0 Å². The van der Waals surface area contributed by atoms with Gasteiger partial charge in [-0.25, -0.2) is 0 Å². The van der Waals surface area contributed by atoms with Gasteiger partial charge >= 0.3 is 0 Å². The second-order valence-electron chi connectivity index (χ2n) is 7.03. The van der Waals surface area contributed by atoms with Crippen molar-refractivity contribution in [1.82, 2.24) is 9.80 Å². The summed E-state index contributed by atoms with van der Waals surface area (Å²) in [5, 5.41) is 0. The molecule has 0 radical (unpaired) electrons. The normalized spacial score (nSPS) is 32.8. The molecular formula is C16H28N2O3. The maximum Gasteiger partial charge on any atom is 0.228 e. The molecule has 3 fully saturated rings. The van der Waals surface area contributed by atoms with E-state index in [0.29, 0.717) is 18.6 Å². The average molecular weight is 296 g/mol. The number of rotatable bonds is 2. The van der Waals surface area contributed by atoms with Crippen LogP contribution in [0.5, 0.6) is 0 Å². The molecule has 0 aromatic heterocycles. The zero-order chi connectivity index (χ0) is 14.9. The summed E-state index contributed by atoms with van der Waals surface area (Å²) < 4.78 is 11.5. The van der Waals surface area contributed by atoms with E-state index in [1.807, 2.05) is 4.90 Å². The van der Waals surface area contributed by atoms with Gasteiger partial charge in [-0.1, -0.05) is 0 Å². The van der Waals surface area contributed by atoms with Gasteiger partial charge in [0.2, 0.25) is 5.91 Å². The lowest BCUT2D eigenvalue weighted by Gasteiger charge is -2.47. The van der Waals surface area contributed by atoms with E-state index in [1.54, 1.807) is 0 Å². The summed E-state index contributed by atoms with van der Waals surface area (Å²) in [6.45, 7) is 3.89. The first-order valence-corrected chi connectivity index (χ1v) is 8.27. The van der Waals surface area contributed by atoms with Crippen molar-refractivity contribution >= 4 is 5.91 Å². The molecule has 3 heterocycles. The topological polar surface area (TPSA) is 42.0 Å². The molecule has 1 amide bonds. The van der Waals surface area contributed by atoms with Crippen LogP contribution in [0, 0.1) is 5.92 Å². The predicted octanol–water partition coefficient (Wildman–Crippen LogP) is 1.12. The van der Waals surface area contributed by atoms with Crippen LogP contribution in [-0.4, -0.2) is 74.4 Å². The Morgan fingerprint density at radius 1 is 1.19 bits per heavy atom. The van der Waals surface area contributed by atoms with Gasteiger partial charge in [-0.3, -0.25) is 4.79 Å². The lowest BCUT2D eigenvalue weighted by molar-refractivity contribution is -0.150. The van der Waals surface area contributed by atoms with Crippen LogP contribution in [0.3, 0.4) is 0 Å². The highest BCUT2D eigenvalue weighted by molar-refractivity contribution is 5.79. The van der Waals surface area contributed by atoms with Crippen LogP contribution in [0.4, 0.5) is 0 Å². The minimum Gasteiger partial charge on any atom is -0.381 e. The Labute approximate surface area is 127 Å². The molecule has 5 nitrogen and oxygen atoms in total. The Balaban J connectivity index is 1.55. The summed E-state index contributed by atoms with van der Waals surface area (Å²) in [5.74, 6) is 0.392. The monoisotopic (exact) mass is 296 g/mol. The molecule has 0 N–H and O–H groups in total. The van der Waals surface area contributed by atoms with E-state index in [4.69, 9.17) is 9.47 Å². The number of amides is 1. The Bertz CT molecular complexity index is 372. The quantitative estimate of drug-likeness (QED) is 0.766. The largest absolute Gasteiger partial charge is 0.381 e. The van der Waals surface area contributed by atoms with Crippen LogP contribution >= 0.6 is 0 Å². The van der Waals surface area contributed by atoms with E-state index in [2.05, 4.69) is 19.0 Å². The van der Waals surface area contributed by atoms with Gasteiger partial charge in [-0.2, -0.15) is 0 Å². The van der Waals surface area contributed by atoms with Crippen LogP contribution in [0.25, 0.3) is 0 Å². The molecule has 0 aromatic carbocycles. The molecular weight excluding hydrogens is 268 g/mol. The van der Waals surface area contributed by atoms with Gasteiger partial charge in [0.1, 0.15) is 0 Å². The van der Waals surface area contributed by atoms with Crippen LogP contribution in [0.1, 0.15) is 32.1 Å². The molecule has 1 spiro atoms. The Hall–Kier alpha value is -0.650. The van der Waals surface area contributed by atoms with Gasteiger partial charge in [-0.15, -0.1) is 0 Å². The predicted molar refractivity (Wildman–Crippen MR) is 80.1 cm³/mol. The first-order valence-electron chi connectivity index (χ1n) is 8.27. The number of carbonyl (C=O) groups is 1. The van der Waals surface area contributed by atoms with Crippen molar-refractivity contribution in [3.63, 3.8) is 0 Å². The summed E-state index contributed by atoms with van der Waals surface area (Å²) >= 11 is 0. The average Bonchev–Trinajstić information content (AvgIpc) is 3.02. The molecule has 120 valence electrons. The van der Waals surface area contributed by atoms with E-state index in [-0.39, 0.29) is 11.5 Å². The Morgan fingerprint density at radius 2 is 1.95 bits per heavy atom. The highest BCUT2D eigenvalue weighted by Gasteiger charge is 2.42. The molecule has 3 rings (SSSR count). The number of ether oxygens (including phenoxy) is 2. The Morgan fingerprint density at radius 3 is 2.57 bits per heavy atom. The van der Waals surface area contributed by atoms with Crippen molar-refractivity contribution in [2.45, 2.75) is 43.7 Å². The van der Waals surface area contributed by atoms with Gasteiger partial charge in [0.05, 0.1) is 18.1 Å². The van der Waals surface area contributed by atoms with E-state index in [1.165, 1.54) is 0 Å². The van der Waals surface area contributed by atoms with Gasteiger partial charge < -0.3 is 19.3 Å². The molecule has 0 bridgehead atoms. The standard InChI is InChI=1S/C16H28N2O3/c1-17(2)14-4-10-21-16(11-14)5-7-18(8-6-16)15(19)13-3-9-20-12-13/h13-14H,3-12H2,1-2H3/t13-,14+/m0/s1. The minimum absolute atomic E-state index is 0.0101. The van der Waals surface area contributed by atoms with E-state index in [9.17, 15) is 4.79 Å². The molecule has 2 atom stereocenters. The number of hydrogen-bond donors (Lipinski definition) is 0. The smallest absolute Gasteiger partial charge is 0.228 e. The van der Waals surface area contributed by atoms with E-state index < -0.39 is 0 Å². The van der Waals surface area contributed by atoms with Crippen molar-refractivity contribution in [2.75, 3.05) is 47.0 Å². The molecule has 3 saturated heterocycles. The second-order valence-corrected chi connectivity index (χ2v) is 7.03. The molecule has 21 heavy (non-hydrogen) atoms. The summed E-state index contributed by atoms with van der Waals surface area (Å²) in [5.41, 5.74) is 0.0101. The van der Waals surface area contributed by atoms with Crippen molar-refractivity contribution in [2.24, 2.45) is 5.92 Å². The van der Waals surface area contributed by atoms with Gasteiger partial charge in [0.25, 0.3) is 0 Å². The summed E-state index contributed by atoms with van der Waals surface area (Å²) in [6, 6.07) is 0.615. The zero-order valence-electron chi connectivity index (χ0n) is 13.3. The summed E-state index contributed by atoms with van der Waals surface area (Å²) in [7, 11) is 4.31. The molecule has 0 unspecified atom stereocenters. The molecule has 0 aromatic rings. The fourth-order valence-corrected chi connectivity index (χ4v) is 3.91. The highest BCUT2D eigenvalue weighted by Crippen LogP contribution is 2.36. The van der Waals surface area contributed by atoms with Crippen molar-refractivity contribution in [3.05, 3.63) is 0 Å². The van der Waals surface area contributed by atoms with Crippen LogP contribution < -0.4 is 0 Å². The van der Waals surface area contributed by atoms with E-state index >= 15 is 0 Å². The third kappa shape index (κ3) is 3.25. The maximum absolute atomic E-state index is 12.4. The van der Waals surface area contributed by atoms with Gasteiger partial charge in [-0.05, 0) is 46.2 Å². The fourth-order valence-electron chi connectivity index (χ4n) is 3.91. The number of hydrogen-bond acceptors (Lipinski definition) is 4. The van der Waals surface area contributed by atoms with Crippen molar-refractivity contribution in [1.29, 1.82) is 0 Å². The first-order chi connectivity index (χ1) is 10.1. The van der Waals surface area contributed by atoms with Crippen LogP contribution in [-0.2, 0) is 14.3 Å². The SMILES string of the molecule is CN(C)[C@@H]1CCOC2(CCN(C(=O)[C@H]3CCOC3)CC2)C1. The van der Waals surface area contributed by atoms with Crippen LogP contribution in [0.15, 0.2) is 0 Å². The molecule has 5 heteroatoms. The summed E-state index contributed by atoms with van der Waals surface area (Å²) in [6.07, 6.45) is 5.08. The number of piperidine rings is 1. The van der Waals surface area contributed by atoms with Crippen molar-refractivity contribution in [3.8, 4) is 0 Å². The lowest BCUT2D eigenvalue weighted by Crippen LogP contribution is -2.54. The minimum atomic E-state index is 0.0101.